The van der Waals surface area contributed by atoms with Crippen LogP contribution in [0.3, 0.4) is 0 Å². The highest BCUT2D eigenvalue weighted by Crippen LogP contribution is 2.33. The Morgan fingerprint density at radius 1 is 1.28 bits per heavy atom. The number of nitrogens with zero attached hydrogens (tertiary/aromatic N) is 1. The zero-order valence-electron chi connectivity index (χ0n) is 14.1. The van der Waals surface area contributed by atoms with Crippen molar-refractivity contribution in [2.24, 2.45) is 0 Å². The monoisotopic (exact) mass is 342 g/mol. The first-order valence-electron chi connectivity index (χ1n) is 8.04. The highest BCUT2D eigenvalue weighted by molar-refractivity contribution is 6.03. The van der Waals surface area contributed by atoms with Gasteiger partial charge in [-0.1, -0.05) is 24.3 Å². The molecule has 0 bridgehead atoms. The fraction of sp³-hybridized carbons (Fsp3) is 0.263. The molecule has 0 aromatic heterocycles. The second-order valence-electron chi connectivity index (χ2n) is 6.01. The van der Waals surface area contributed by atoms with Gasteiger partial charge in [0.05, 0.1) is 5.69 Å². The SMILES string of the molecule is Cc1ccc(CNC(=O)CN2C(=O)C(C)Oc3ccccc32)cc1F. The molecule has 0 fully saturated rings. The van der Waals surface area contributed by atoms with Gasteiger partial charge in [-0.05, 0) is 43.2 Å². The van der Waals surface area contributed by atoms with Crippen LogP contribution in [0.15, 0.2) is 42.5 Å². The molecule has 1 N–H and O–H groups in total. The molecule has 3 rings (SSSR count). The lowest BCUT2D eigenvalue weighted by Crippen LogP contribution is -2.48. The van der Waals surface area contributed by atoms with Gasteiger partial charge in [-0.2, -0.15) is 0 Å². The molecule has 0 saturated carbocycles. The van der Waals surface area contributed by atoms with Gasteiger partial charge in [0.2, 0.25) is 5.91 Å². The number of amides is 2. The Labute approximate surface area is 145 Å². The average molecular weight is 342 g/mol. The molecule has 2 aromatic rings. The van der Waals surface area contributed by atoms with Gasteiger partial charge in [-0.25, -0.2) is 4.39 Å². The largest absolute Gasteiger partial charge is 0.479 e. The standard InChI is InChI=1S/C19H19FN2O3/c1-12-7-8-14(9-15(12)20)10-21-18(23)11-22-16-5-3-4-6-17(16)25-13(2)19(22)24/h3-9,13H,10-11H2,1-2H3,(H,21,23). The van der Waals surface area contributed by atoms with Crippen molar-refractivity contribution in [1.82, 2.24) is 5.32 Å². The van der Waals surface area contributed by atoms with Crippen LogP contribution in [0.5, 0.6) is 5.75 Å². The van der Waals surface area contributed by atoms with Gasteiger partial charge >= 0.3 is 0 Å². The molecule has 1 atom stereocenters. The first kappa shape index (κ1) is 17.0. The molecule has 1 aliphatic rings. The Bertz CT molecular complexity index is 822. The van der Waals surface area contributed by atoms with Crippen molar-refractivity contribution in [3.63, 3.8) is 0 Å². The van der Waals surface area contributed by atoms with Crippen molar-refractivity contribution in [3.8, 4) is 5.75 Å². The minimum Gasteiger partial charge on any atom is -0.479 e. The quantitative estimate of drug-likeness (QED) is 0.929. The van der Waals surface area contributed by atoms with Crippen molar-refractivity contribution < 1.29 is 18.7 Å². The summed E-state index contributed by atoms with van der Waals surface area (Å²) >= 11 is 0. The second kappa shape index (κ2) is 6.93. The molecule has 2 aromatic carbocycles. The molecule has 2 amide bonds. The van der Waals surface area contributed by atoms with Crippen LogP contribution in [0.4, 0.5) is 10.1 Å². The van der Waals surface area contributed by atoms with E-state index in [1.807, 2.05) is 6.07 Å². The third-order valence-electron chi connectivity index (χ3n) is 4.10. The lowest BCUT2D eigenvalue weighted by molar-refractivity contribution is -0.128. The lowest BCUT2D eigenvalue weighted by atomic mass is 10.1. The molecule has 1 unspecified atom stereocenters. The minimum atomic E-state index is -0.645. The number of nitrogens with one attached hydrogen (secondary N) is 1. The molecule has 0 spiro atoms. The van der Waals surface area contributed by atoms with E-state index < -0.39 is 6.10 Å². The second-order valence-corrected chi connectivity index (χ2v) is 6.01. The normalized spacial score (nSPS) is 16.2. The predicted octanol–water partition coefficient (Wildman–Crippen LogP) is 2.56. The summed E-state index contributed by atoms with van der Waals surface area (Å²) in [4.78, 5) is 26.0. The number of carbonyl (C=O) groups excluding carboxylic acids is 2. The number of rotatable bonds is 4. The summed E-state index contributed by atoms with van der Waals surface area (Å²) in [6.07, 6.45) is -0.645. The van der Waals surface area contributed by atoms with E-state index in [0.29, 0.717) is 22.6 Å². The molecule has 0 aliphatic carbocycles. The van der Waals surface area contributed by atoms with E-state index in [0.717, 1.165) is 0 Å². The first-order chi connectivity index (χ1) is 12.0. The third kappa shape index (κ3) is 3.63. The van der Waals surface area contributed by atoms with Gasteiger partial charge in [0, 0.05) is 6.54 Å². The third-order valence-corrected chi connectivity index (χ3v) is 4.10. The number of hydrogen-bond acceptors (Lipinski definition) is 3. The van der Waals surface area contributed by atoms with Gasteiger partial charge in [-0.15, -0.1) is 0 Å². The minimum absolute atomic E-state index is 0.113. The Balaban J connectivity index is 1.68. The molecule has 0 radical (unpaired) electrons. The van der Waals surface area contributed by atoms with Crippen LogP contribution in [0.2, 0.25) is 0 Å². The molecule has 0 saturated heterocycles. The molecular formula is C19H19FN2O3. The van der Waals surface area contributed by atoms with Crippen LogP contribution >= 0.6 is 0 Å². The summed E-state index contributed by atoms with van der Waals surface area (Å²) in [6, 6.07) is 11.9. The summed E-state index contributed by atoms with van der Waals surface area (Å²) in [5.74, 6) is -0.325. The number of benzene rings is 2. The Morgan fingerprint density at radius 3 is 2.80 bits per heavy atom. The van der Waals surface area contributed by atoms with Gasteiger partial charge < -0.3 is 10.1 Å². The number of anilines is 1. The van der Waals surface area contributed by atoms with Gasteiger partial charge in [-0.3, -0.25) is 14.5 Å². The molecule has 130 valence electrons. The fourth-order valence-corrected chi connectivity index (χ4v) is 2.67. The number of halogens is 1. The van der Waals surface area contributed by atoms with Crippen molar-refractivity contribution in [2.75, 3.05) is 11.4 Å². The van der Waals surface area contributed by atoms with Gasteiger partial charge in [0.25, 0.3) is 5.91 Å². The highest BCUT2D eigenvalue weighted by atomic mass is 19.1. The van der Waals surface area contributed by atoms with Crippen LogP contribution in [-0.2, 0) is 16.1 Å². The number of aryl methyl sites for hydroxylation is 1. The number of ether oxygens (including phenoxy) is 1. The summed E-state index contributed by atoms with van der Waals surface area (Å²) in [6.45, 7) is 3.42. The Hall–Kier alpha value is -2.89. The summed E-state index contributed by atoms with van der Waals surface area (Å²) in [5.41, 5.74) is 1.79. The average Bonchev–Trinajstić information content (AvgIpc) is 2.60. The van der Waals surface area contributed by atoms with Crippen LogP contribution in [0.1, 0.15) is 18.1 Å². The molecule has 6 heteroatoms. The summed E-state index contributed by atoms with van der Waals surface area (Å²) in [7, 11) is 0. The Morgan fingerprint density at radius 2 is 2.04 bits per heavy atom. The van der Waals surface area contributed by atoms with Crippen LogP contribution in [-0.4, -0.2) is 24.5 Å². The summed E-state index contributed by atoms with van der Waals surface area (Å²) < 4.78 is 19.1. The van der Waals surface area contributed by atoms with Crippen LogP contribution < -0.4 is 15.0 Å². The zero-order valence-corrected chi connectivity index (χ0v) is 14.1. The fourth-order valence-electron chi connectivity index (χ4n) is 2.67. The smallest absolute Gasteiger partial charge is 0.268 e. The van der Waals surface area contributed by atoms with E-state index in [-0.39, 0.29) is 30.7 Å². The van der Waals surface area contributed by atoms with Gasteiger partial charge in [0.15, 0.2) is 6.10 Å². The Kier molecular flexibility index (Phi) is 4.70. The molecule has 25 heavy (non-hydrogen) atoms. The topological polar surface area (TPSA) is 58.6 Å². The van der Waals surface area contributed by atoms with E-state index in [1.165, 1.54) is 11.0 Å². The van der Waals surface area contributed by atoms with E-state index in [4.69, 9.17) is 4.74 Å². The van der Waals surface area contributed by atoms with Crippen molar-refractivity contribution >= 4 is 17.5 Å². The zero-order chi connectivity index (χ0) is 18.0. The number of fused-ring (bicyclic) bond motifs is 1. The number of para-hydroxylation sites is 2. The number of carbonyl (C=O) groups is 2. The van der Waals surface area contributed by atoms with E-state index >= 15 is 0 Å². The van der Waals surface area contributed by atoms with Crippen molar-refractivity contribution in [3.05, 3.63) is 59.4 Å². The van der Waals surface area contributed by atoms with Crippen LogP contribution in [0.25, 0.3) is 0 Å². The predicted molar refractivity (Wildman–Crippen MR) is 91.9 cm³/mol. The highest BCUT2D eigenvalue weighted by Gasteiger charge is 2.32. The number of hydrogen-bond donors (Lipinski definition) is 1. The van der Waals surface area contributed by atoms with E-state index in [9.17, 15) is 14.0 Å². The maximum atomic E-state index is 13.6. The van der Waals surface area contributed by atoms with E-state index in [2.05, 4.69) is 5.32 Å². The maximum Gasteiger partial charge on any atom is 0.268 e. The van der Waals surface area contributed by atoms with Crippen LogP contribution in [0, 0.1) is 12.7 Å². The molecular weight excluding hydrogens is 323 g/mol. The molecule has 1 heterocycles. The summed E-state index contributed by atoms with van der Waals surface area (Å²) in [5, 5.41) is 2.72. The van der Waals surface area contributed by atoms with Gasteiger partial charge in [0.1, 0.15) is 18.1 Å². The lowest BCUT2D eigenvalue weighted by Gasteiger charge is -2.32. The molecule has 1 aliphatic heterocycles. The van der Waals surface area contributed by atoms with Crippen molar-refractivity contribution in [1.29, 1.82) is 0 Å². The van der Waals surface area contributed by atoms with E-state index in [1.54, 1.807) is 44.2 Å². The molecule has 5 nitrogen and oxygen atoms in total. The maximum absolute atomic E-state index is 13.6. The first-order valence-corrected chi connectivity index (χ1v) is 8.04. The van der Waals surface area contributed by atoms with Crippen molar-refractivity contribution in [2.45, 2.75) is 26.5 Å².